The van der Waals surface area contributed by atoms with Crippen LogP contribution in [0.3, 0.4) is 0 Å². The van der Waals surface area contributed by atoms with Crippen LogP contribution < -0.4 is 0 Å². The molecule has 2 aliphatic rings. The summed E-state index contributed by atoms with van der Waals surface area (Å²) in [5.74, 6) is 0. The molecular weight excluding hydrogens is 609 g/mol. The lowest BCUT2D eigenvalue weighted by Gasteiger charge is -2.25. The number of unbranched alkanes of at least 4 members (excludes halogenated alkanes) is 6. The first-order valence-corrected chi connectivity index (χ1v) is 20.0. The van der Waals surface area contributed by atoms with Crippen LogP contribution in [0.5, 0.6) is 0 Å². The van der Waals surface area contributed by atoms with Gasteiger partial charge in [0.2, 0.25) is 20.0 Å². The molecular formula is C35H54N2O6S2. The van der Waals surface area contributed by atoms with Crippen LogP contribution in [-0.2, 0) is 42.4 Å². The minimum atomic E-state index is -3.61. The summed E-state index contributed by atoms with van der Waals surface area (Å²) in [6, 6.07) is 14.2. The highest BCUT2D eigenvalue weighted by Gasteiger charge is 2.37. The fourth-order valence-electron chi connectivity index (χ4n) is 6.45. The van der Waals surface area contributed by atoms with E-state index in [9.17, 15) is 16.8 Å². The van der Waals surface area contributed by atoms with E-state index in [4.69, 9.17) is 9.47 Å². The van der Waals surface area contributed by atoms with Gasteiger partial charge in [0.15, 0.2) is 0 Å². The third kappa shape index (κ3) is 10.1. The summed E-state index contributed by atoms with van der Waals surface area (Å²) in [6.45, 7) is 5.82. The fraction of sp³-hybridized carbons (Fsp3) is 0.657. The van der Waals surface area contributed by atoms with Crippen molar-refractivity contribution in [2.75, 3.05) is 33.1 Å². The van der Waals surface area contributed by atoms with Gasteiger partial charge in [-0.25, -0.2) is 16.8 Å². The monoisotopic (exact) mass is 662 g/mol. The van der Waals surface area contributed by atoms with Crippen molar-refractivity contribution in [3.05, 3.63) is 59.7 Å². The second-order valence-electron chi connectivity index (χ2n) is 12.6. The van der Waals surface area contributed by atoms with E-state index in [0.29, 0.717) is 22.9 Å². The van der Waals surface area contributed by atoms with E-state index in [1.165, 1.54) is 49.7 Å². The molecule has 0 spiro atoms. The number of sulfonamides is 2. The smallest absolute Gasteiger partial charge is 0.243 e. The van der Waals surface area contributed by atoms with E-state index in [1.807, 2.05) is 24.3 Å². The Morgan fingerprint density at radius 1 is 0.600 bits per heavy atom. The largest absolute Gasteiger partial charge is 0.354 e. The van der Waals surface area contributed by atoms with Gasteiger partial charge in [0.05, 0.1) is 23.0 Å². The maximum absolute atomic E-state index is 13.4. The zero-order valence-corrected chi connectivity index (χ0v) is 29.0. The molecule has 2 atom stereocenters. The van der Waals surface area contributed by atoms with Crippen molar-refractivity contribution in [3.8, 4) is 0 Å². The molecule has 0 N–H and O–H groups in total. The van der Waals surface area contributed by atoms with Crippen LogP contribution >= 0.6 is 0 Å². The Kier molecular flexibility index (Phi) is 14.3. The molecule has 0 aromatic heterocycles. The first-order chi connectivity index (χ1) is 21.8. The highest BCUT2D eigenvalue weighted by molar-refractivity contribution is 7.89. The Morgan fingerprint density at radius 3 is 1.38 bits per heavy atom. The predicted molar refractivity (Wildman–Crippen MR) is 179 cm³/mol. The van der Waals surface area contributed by atoms with Gasteiger partial charge >= 0.3 is 0 Å². The molecule has 10 heteroatoms. The van der Waals surface area contributed by atoms with Crippen LogP contribution in [0.15, 0.2) is 58.3 Å². The first kappa shape index (κ1) is 36.0. The Morgan fingerprint density at radius 2 is 1.00 bits per heavy atom. The van der Waals surface area contributed by atoms with Crippen LogP contribution in [0.1, 0.15) is 102 Å². The highest BCUT2D eigenvalue weighted by Crippen LogP contribution is 2.28. The molecule has 0 unspecified atom stereocenters. The Hall–Kier alpha value is -1.82. The summed E-state index contributed by atoms with van der Waals surface area (Å²) >= 11 is 0. The molecule has 45 heavy (non-hydrogen) atoms. The van der Waals surface area contributed by atoms with Gasteiger partial charge in [0, 0.05) is 25.2 Å². The van der Waals surface area contributed by atoms with Gasteiger partial charge in [-0.1, -0.05) is 76.6 Å². The maximum Gasteiger partial charge on any atom is 0.243 e. The van der Waals surface area contributed by atoms with Gasteiger partial charge in [0.25, 0.3) is 0 Å². The lowest BCUT2D eigenvalue weighted by molar-refractivity contribution is -0.0707. The molecule has 2 saturated heterocycles. The average molecular weight is 663 g/mol. The molecule has 2 aromatic carbocycles. The van der Waals surface area contributed by atoms with E-state index >= 15 is 0 Å². The van der Waals surface area contributed by atoms with E-state index in [2.05, 4.69) is 13.8 Å². The quantitative estimate of drug-likeness (QED) is 0.113. The third-order valence-electron chi connectivity index (χ3n) is 9.13. The number of ether oxygens (including phenoxy) is 2. The predicted octanol–water partition coefficient (Wildman–Crippen LogP) is 6.93. The summed E-state index contributed by atoms with van der Waals surface area (Å²) in [7, 11) is -7.22. The van der Waals surface area contributed by atoms with Crippen molar-refractivity contribution >= 4 is 20.0 Å². The summed E-state index contributed by atoms with van der Waals surface area (Å²) in [5, 5.41) is 0. The molecule has 0 saturated carbocycles. The number of aryl methyl sites for hydroxylation is 2. The molecule has 2 fully saturated rings. The number of nitrogens with zero attached hydrogens (tertiary/aromatic N) is 2. The molecule has 8 nitrogen and oxygen atoms in total. The van der Waals surface area contributed by atoms with Gasteiger partial charge in [-0.15, -0.1) is 0 Å². The van der Waals surface area contributed by atoms with Gasteiger partial charge < -0.3 is 9.47 Å². The zero-order chi connectivity index (χ0) is 32.1. The van der Waals surface area contributed by atoms with E-state index in [0.717, 1.165) is 51.4 Å². The van der Waals surface area contributed by atoms with E-state index in [-0.39, 0.29) is 32.1 Å². The second kappa shape index (κ2) is 17.9. The highest BCUT2D eigenvalue weighted by atomic mass is 32.2. The van der Waals surface area contributed by atoms with Crippen LogP contribution in [0.2, 0.25) is 0 Å². The van der Waals surface area contributed by atoms with Crippen molar-refractivity contribution in [2.24, 2.45) is 0 Å². The Balaban J connectivity index is 1.22. The van der Waals surface area contributed by atoms with Gasteiger partial charge in [0.1, 0.15) is 6.79 Å². The number of rotatable bonds is 20. The summed E-state index contributed by atoms with van der Waals surface area (Å²) in [6.07, 6.45) is 14.5. The van der Waals surface area contributed by atoms with Crippen LogP contribution in [0.25, 0.3) is 0 Å². The van der Waals surface area contributed by atoms with Gasteiger partial charge in [-0.05, 0) is 86.8 Å². The number of hydrogen-bond acceptors (Lipinski definition) is 6. The van der Waals surface area contributed by atoms with Crippen molar-refractivity contribution < 1.29 is 26.3 Å². The summed E-state index contributed by atoms with van der Waals surface area (Å²) in [4.78, 5) is 0.652. The lowest BCUT2D eigenvalue weighted by atomic mass is 10.1. The zero-order valence-electron chi connectivity index (χ0n) is 27.4. The van der Waals surface area contributed by atoms with E-state index < -0.39 is 20.0 Å². The average Bonchev–Trinajstić information content (AvgIpc) is 3.73. The molecule has 2 aliphatic heterocycles. The third-order valence-corrected chi connectivity index (χ3v) is 13.1. The standard InChI is InChI=1S/C35H54N2O6S2/c1-3-5-7-9-13-30-17-21-34(22-18-30)44(38,39)36-25-11-15-32(36)27-42-29-43-28-33-16-12-26-37(33)45(40,41)35-23-19-31(20-24-35)14-10-8-6-4-2/h17-24,32-33H,3-16,25-29H2,1-2H3/t32-,33-/m0/s1. The van der Waals surface area contributed by atoms with Crippen molar-refractivity contribution in [1.82, 2.24) is 8.61 Å². The topological polar surface area (TPSA) is 93.2 Å². The molecule has 252 valence electrons. The molecule has 0 amide bonds. The normalized spacial score (nSPS) is 19.9. The van der Waals surface area contributed by atoms with Crippen LogP contribution in [0.4, 0.5) is 0 Å². The summed E-state index contributed by atoms with van der Waals surface area (Å²) < 4.78 is 68.4. The Labute approximate surface area is 272 Å². The van der Waals surface area contributed by atoms with Crippen molar-refractivity contribution in [3.63, 3.8) is 0 Å². The maximum atomic E-state index is 13.4. The molecule has 4 rings (SSSR count). The lowest BCUT2D eigenvalue weighted by Crippen LogP contribution is -2.39. The SMILES string of the molecule is CCCCCCc1ccc(S(=O)(=O)N2CCC[C@H]2COCOC[C@@H]2CCCN2S(=O)(=O)c2ccc(CCCCCC)cc2)cc1. The molecule has 2 heterocycles. The van der Waals surface area contributed by atoms with Gasteiger partial charge in [-0.2, -0.15) is 8.61 Å². The van der Waals surface area contributed by atoms with Crippen LogP contribution in [-0.4, -0.2) is 70.6 Å². The van der Waals surface area contributed by atoms with Crippen molar-refractivity contribution in [1.29, 1.82) is 0 Å². The number of benzene rings is 2. The number of hydrogen-bond donors (Lipinski definition) is 0. The minimum absolute atomic E-state index is 0.00572. The summed E-state index contributed by atoms with van der Waals surface area (Å²) in [5.41, 5.74) is 2.34. The second-order valence-corrected chi connectivity index (χ2v) is 16.4. The van der Waals surface area contributed by atoms with E-state index in [1.54, 1.807) is 32.9 Å². The van der Waals surface area contributed by atoms with Gasteiger partial charge in [-0.3, -0.25) is 0 Å². The molecule has 0 radical (unpaired) electrons. The fourth-order valence-corrected chi connectivity index (χ4v) is 9.81. The minimum Gasteiger partial charge on any atom is -0.354 e. The Bertz CT molecular complexity index is 1260. The van der Waals surface area contributed by atoms with Crippen LogP contribution in [0, 0.1) is 0 Å². The molecule has 0 bridgehead atoms. The molecule has 0 aliphatic carbocycles. The molecule has 2 aromatic rings. The first-order valence-electron chi connectivity index (χ1n) is 17.1. The van der Waals surface area contributed by atoms with Crippen molar-refractivity contribution in [2.45, 2.75) is 126 Å².